The molecule has 0 bridgehead atoms. The Morgan fingerprint density at radius 2 is 2.00 bits per heavy atom. The molecule has 21 heavy (non-hydrogen) atoms. The largest absolute Gasteiger partial charge is 0.317 e. The first kappa shape index (κ1) is 16.3. The van der Waals surface area contributed by atoms with Crippen LogP contribution in [0.1, 0.15) is 26.2 Å². The molecule has 0 radical (unpaired) electrons. The summed E-state index contributed by atoms with van der Waals surface area (Å²) in [6, 6.07) is 7.65. The highest BCUT2D eigenvalue weighted by Crippen LogP contribution is 2.24. The van der Waals surface area contributed by atoms with E-state index in [9.17, 15) is 8.42 Å². The molecule has 1 heterocycles. The van der Waals surface area contributed by atoms with Gasteiger partial charge in [0.1, 0.15) is 0 Å². The number of benzene rings is 1. The van der Waals surface area contributed by atoms with Crippen LogP contribution in [0, 0.1) is 0 Å². The highest BCUT2D eigenvalue weighted by atomic mass is 32.2. The molecule has 2 rings (SSSR count). The summed E-state index contributed by atoms with van der Waals surface area (Å²) in [4.78, 5) is 0. The van der Waals surface area contributed by atoms with Gasteiger partial charge in [0.25, 0.3) is 0 Å². The van der Waals surface area contributed by atoms with Gasteiger partial charge in [0.05, 0.1) is 5.75 Å². The number of unbranched alkanes of at least 4 members (excludes halogenated alkanes) is 1. The second kappa shape index (κ2) is 7.77. The van der Waals surface area contributed by atoms with Gasteiger partial charge in [-0.05, 0) is 67.4 Å². The summed E-state index contributed by atoms with van der Waals surface area (Å²) in [5.41, 5.74) is 0.644. The molecule has 0 fully saturated rings. The maximum atomic E-state index is 12.0. The fourth-order valence-electron chi connectivity index (χ4n) is 2.10. The zero-order valence-corrected chi connectivity index (χ0v) is 13.9. The second-order valence-corrected chi connectivity index (χ2v) is 7.84. The summed E-state index contributed by atoms with van der Waals surface area (Å²) in [6.07, 6.45) is 2.65. The third kappa shape index (κ3) is 5.30. The van der Waals surface area contributed by atoms with Gasteiger partial charge in [0, 0.05) is 10.4 Å². The highest BCUT2D eigenvalue weighted by Gasteiger charge is 2.10. The van der Waals surface area contributed by atoms with Crippen LogP contribution in [0.5, 0.6) is 0 Å². The summed E-state index contributed by atoms with van der Waals surface area (Å²) >= 11 is 1.65. The van der Waals surface area contributed by atoms with Crippen LogP contribution in [-0.2, 0) is 10.0 Å². The zero-order valence-electron chi connectivity index (χ0n) is 12.3. The molecule has 2 N–H and O–H groups in total. The minimum Gasteiger partial charge on any atom is -0.317 e. The molecule has 0 aliphatic heterocycles. The topological polar surface area (TPSA) is 58.2 Å². The normalized spacial score (nSPS) is 11.9. The minimum atomic E-state index is -3.25. The Hall–Kier alpha value is -1.11. The van der Waals surface area contributed by atoms with E-state index in [4.69, 9.17) is 0 Å². The van der Waals surface area contributed by atoms with Gasteiger partial charge in [0.15, 0.2) is 0 Å². The van der Waals surface area contributed by atoms with E-state index in [0.717, 1.165) is 31.3 Å². The van der Waals surface area contributed by atoms with Crippen LogP contribution < -0.4 is 10.0 Å². The van der Waals surface area contributed by atoms with Crippen molar-refractivity contribution in [2.24, 2.45) is 0 Å². The molecule has 2 aromatic rings. The van der Waals surface area contributed by atoms with Gasteiger partial charge in [-0.2, -0.15) is 0 Å². The first-order valence-electron chi connectivity index (χ1n) is 7.29. The molecule has 0 saturated heterocycles. The van der Waals surface area contributed by atoms with Crippen molar-refractivity contribution in [2.45, 2.75) is 26.2 Å². The van der Waals surface area contributed by atoms with Gasteiger partial charge in [-0.3, -0.25) is 4.72 Å². The first-order chi connectivity index (χ1) is 10.1. The van der Waals surface area contributed by atoms with Gasteiger partial charge in [0.2, 0.25) is 10.0 Å². The van der Waals surface area contributed by atoms with Crippen molar-refractivity contribution in [2.75, 3.05) is 23.6 Å². The van der Waals surface area contributed by atoms with Crippen molar-refractivity contribution in [1.29, 1.82) is 0 Å². The number of nitrogens with one attached hydrogen (secondary N) is 2. The molecular weight excluding hydrogens is 304 g/mol. The van der Waals surface area contributed by atoms with E-state index in [1.807, 2.05) is 29.6 Å². The summed E-state index contributed by atoms with van der Waals surface area (Å²) in [6.45, 7) is 3.99. The number of rotatable bonds is 9. The number of hydrogen-bond acceptors (Lipinski definition) is 4. The number of hydrogen-bond donors (Lipinski definition) is 2. The fourth-order valence-corrected chi connectivity index (χ4v) is 4.05. The molecule has 4 nitrogen and oxygen atoms in total. The van der Waals surface area contributed by atoms with Crippen molar-refractivity contribution in [3.63, 3.8) is 0 Å². The number of thiophene rings is 1. The van der Waals surface area contributed by atoms with Crippen molar-refractivity contribution in [1.82, 2.24) is 5.32 Å². The van der Waals surface area contributed by atoms with Gasteiger partial charge in [-0.25, -0.2) is 8.42 Å². The van der Waals surface area contributed by atoms with Crippen LogP contribution in [-0.4, -0.2) is 27.3 Å². The Balaban J connectivity index is 1.82. The van der Waals surface area contributed by atoms with Crippen molar-refractivity contribution in [3.05, 3.63) is 29.6 Å². The number of sulfonamides is 1. The number of fused-ring (bicyclic) bond motifs is 1. The molecular formula is C15H22N2O2S2. The average molecular weight is 326 g/mol. The zero-order chi connectivity index (χ0) is 15.1. The molecule has 0 spiro atoms. The van der Waals surface area contributed by atoms with E-state index in [2.05, 4.69) is 17.0 Å². The third-order valence-corrected chi connectivity index (χ3v) is 5.44. The smallest absolute Gasteiger partial charge is 0.232 e. The molecule has 0 unspecified atom stereocenters. The number of anilines is 1. The lowest BCUT2D eigenvalue weighted by Gasteiger charge is -2.08. The third-order valence-electron chi connectivity index (χ3n) is 3.17. The predicted octanol–water partition coefficient (Wildman–Crippen LogP) is 3.42. The molecule has 1 aromatic carbocycles. The first-order valence-corrected chi connectivity index (χ1v) is 9.82. The average Bonchev–Trinajstić information content (AvgIpc) is 2.89. The van der Waals surface area contributed by atoms with Gasteiger partial charge in [-0.15, -0.1) is 11.3 Å². The lowest BCUT2D eigenvalue weighted by Crippen LogP contribution is -2.19. The molecule has 116 valence electrons. The van der Waals surface area contributed by atoms with Crippen LogP contribution in [0.15, 0.2) is 29.6 Å². The standard InChI is InChI=1S/C15H22N2O2S2/c1-2-8-16-9-3-4-11-21(18,19)17-14-5-6-15-13(12-14)7-10-20-15/h5-7,10,12,16-17H,2-4,8-9,11H2,1H3. The minimum absolute atomic E-state index is 0.169. The Morgan fingerprint density at radius 3 is 2.81 bits per heavy atom. The maximum Gasteiger partial charge on any atom is 0.232 e. The lowest BCUT2D eigenvalue weighted by molar-refractivity contribution is 0.590. The highest BCUT2D eigenvalue weighted by molar-refractivity contribution is 7.92. The van der Waals surface area contributed by atoms with E-state index < -0.39 is 10.0 Å². The van der Waals surface area contributed by atoms with E-state index in [1.54, 1.807) is 11.3 Å². The lowest BCUT2D eigenvalue weighted by atomic mass is 10.2. The SMILES string of the molecule is CCCNCCCCS(=O)(=O)Nc1ccc2sccc2c1. The second-order valence-electron chi connectivity index (χ2n) is 5.05. The van der Waals surface area contributed by atoms with Crippen molar-refractivity contribution < 1.29 is 8.42 Å². The Bertz CT molecular complexity index is 665. The molecule has 1 aromatic heterocycles. The van der Waals surface area contributed by atoms with Crippen LogP contribution in [0.3, 0.4) is 0 Å². The molecule has 0 atom stereocenters. The van der Waals surface area contributed by atoms with E-state index >= 15 is 0 Å². The van der Waals surface area contributed by atoms with E-state index in [-0.39, 0.29) is 5.75 Å². The van der Waals surface area contributed by atoms with Crippen LogP contribution in [0.25, 0.3) is 10.1 Å². The van der Waals surface area contributed by atoms with Crippen LogP contribution in [0.2, 0.25) is 0 Å². The molecule has 0 aliphatic carbocycles. The predicted molar refractivity (Wildman–Crippen MR) is 91.6 cm³/mol. The fraction of sp³-hybridized carbons (Fsp3) is 0.467. The van der Waals surface area contributed by atoms with Gasteiger partial charge >= 0.3 is 0 Å². The summed E-state index contributed by atoms with van der Waals surface area (Å²) in [7, 11) is -3.25. The summed E-state index contributed by atoms with van der Waals surface area (Å²) in [5.74, 6) is 0.169. The monoisotopic (exact) mass is 326 g/mol. The Morgan fingerprint density at radius 1 is 1.14 bits per heavy atom. The van der Waals surface area contributed by atoms with Crippen LogP contribution >= 0.6 is 11.3 Å². The van der Waals surface area contributed by atoms with E-state index in [1.165, 1.54) is 4.70 Å². The van der Waals surface area contributed by atoms with Gasteiger partial charge in [-0.1, -0.05) is 6.92 Å². The van der Waals surface area contributed by atoms with Gasteiger partial charge < -0.3 is 5.32 Å². The molecule has 0 amide bonds. The maximum absolute atomic E-state index is 12.0. The van der Waals surface area contributed by atoms with Crippen molar-refractivity contribution >= 4 is 37.1 Å². The Kier molecular flexibility index (Phi) is 6.02. The summed E-state index contributed by atoms with van der Waals surface area (Å²) in [5, 5.41) is 6.35. The molecule has 6 heteroatoms. The van der Waals surface area contributed by atoms with E-state index in [0.29, 0.717) is 12.1 Å². The summed E-state index contributed by atoms with van der Waals surface area (Å²) < 4.78 is 27.9. The van der Waals surface area contributed by atoms with Crippen LogP contribution in [0.4, 0.5) is 5.69 Å². The Labute approximate surface area is 130 Å². The quantitative estimate of drug-likeness (QED) is 0.694. The van der Waals surface area contributed by atoms with Crippen molar-refractivity contribution in [3.8, 4) is 0 Å². The molecule has 0 aliphatic rings. The molecule has 0 saturated carbocycles.